The van der Waals surface area contributed by atoms with Gasteiger partial charge >= 0.3 is 6.09 Å². The van der Waals surface area contributed by atoms with Crippen LogP contribution < -0.4 is 25.6 Å². The summed E-state index contributed by atoms with van der Waals surface area (Å²) in [5, 5.41) is 18.3. The first-order valence-corrected chi connectivity index (χ1v) is 14.8. The van der Waals surface area contributed by atoms with E-state index in [0.717, 1.165) is 31.6 Å². The predicted octanol–water partition coefficient (Wildman–Crippen LogP) is 1.21. The summed E-state index contributed by atoms with van der Waals surface area (Å²) in [6.45, 7) is 2.81. The average Bonchev–Trinajstić information content (AvgIpc) is 3.72. The molecule has 1 unspecified atom stereocenters. The van der Waals surface area contributed by atoms with Gasteiger partial charge in [-0.15, -0.1) is 0 Å². The number of ether oxygens (including phenoxy) is 2. The molecule has 0 bridgehead atoms. The molecule has 4 N–H and O–H groups in total. The fourth-order valence-electron chi connectivity index (χ4n) is 6.99. The van der Waals surface area contributed by atoms with E-state index in [4.69, 9.17) is 9.47 Å². The van der Waals surface area contributed by atoms with E-state index in [1.807, 2.05) is 6.07 Å². The lowest BCUT2D eigenvalue weighted by Gasteiger charge is -2.38. The van der Waals surface area contributed by atoms with Crippen LogP contribution in [0.5, 0.6) is 5.88 Å². The van der Waals surface area contributed by atoms with Gasteiger partial charge in [-0.25, -0.2) is 19.2 Å². The van der Waals surface area contributed by atoms with Crippen LogP contribution in [0.25, 0.3) is 0 Å². The Morgan fingerprint density at radius 3 is 2.81 bits per heavy atom. The summed E-state index contributed by atoms with van der Waals surface area (Å²) in [4.78, 5) is 49.7. The fraction of sp³-hybridized carbons (Fsp3) is 0.552. The maximum absolute atomic E-state index is 15.1. The largest absolute Gasteiger partial charge is 0.465 e. The normalized spacial score (nSPS) is 26.1. The maximum atomic E-state index is 15.1. The number of aromatic nitrogens is 2. The molecule has 13 nitrogen and oxygen atoms in total. The molecule has 2 atom stereocenters. The zero-order valence-electron chi connectivity index (χ0n) is 23.7. The Bertz CT molecular complexity index is 1470. The molecule has 3 fully saturated rings. The lowest BCUT2D eigenvalue weighted by atomic mass is 9.90. The van der Waals surface area contributed by atoms with Crippen LogP contribution in [-0.4, -0.2) is 95.0 Å². The molecule has 1 spiro atoms. The summed E-state index contributed by atoms with van der Waals surface area (Å²) < 4.78 is 26.2. The van der Waals surface area contributed by atoms with Gasteiger partial charge in [0.1, 0.15) is 17.0 Å². The number of aliphatic hydroxyl groups excluding tert-OH is 1. The topological polar surface area (TPSA) is 158 Å². The number of amides is 3. The summed E-state index contributed by atoms with van der Waals surface area (Å²) in [5.41, 5.74) is 0.354. The molecule has 14 heteroatoms. The third-order valence-electron chi connectivity index (χ3n) is 9.35. The molecule has 5 heterocycles. The molecule has 1 aromatic carbocycles. The third-order valence-corrected chi connectivity index (χ3v) is 9.35. The number of likely N-dealkylation sites (tertiary alicyclic amines) is 1. The molecule has 3 saturated heterocycles. The van der Waals surface area contributed by atoms with E-state index < -0.39 is 17.2 Å². The Labute approximate surface area is 247 Å². The van der Waals surface area contributed by atoms with Crippen LogP contribution in [0.15, 0.2) is 18.3 Å². The van der Waals surface area contributed by atoms with Crippen molar-refractivity contribution in [2.45, 2.75) is 49.7 Å². The molecule has 5 aliphatic rings. The number of anilines is 3. The number of hydrogen-bond donors (Lipinski definition) is 4. The van der Waals surface area contributed by atoms with E-state index in [2.05, 4.69) is 30.8 Å². The second kappa shape index (κ2) is 10.7. The Morgan fingerprint density at radius 2 is 2.05 bits per heavy atom. The van der Waals surface area contributed by atoms with Gasteiger partial charge in [0.15, 0.2) is 18.2 Å². The van der Waals surface area contributed by atoms with Crippen LogP contribution in [0.1, 0.15) is 36.8 Å². The van der Waals surface area contributed by atoms with Crippen molar-refractivity contribution in [2.24, 2.45) is 5.92 Å². The Balaban J connectivity index is 0.947. The highest BCUT2D eigenvalue weighted by atomic mass is 19.1. The molecular weight excluding hydrogens is 561 g/mol. The number of carbonyl (C=O) groups is 3. The lowest BCUT2D eigenvalue weighted by molar-refractivity contribution is -0.123. The molecular formula is C29H34FN7O6. The van der Waals surface area contributed by atoms with E-state index in [1.165, 1.54) is 17.2 Å². The van der Waals surface area contributed by atoms with Gasteiger partial charge in [-0.05, 0) is 61.4 Å². The van der Waals surface area contributed by atoms with Crippen LogP contribution in [-0.2, 0) is 27.2 Å². The van der Waals surface area contributed by atoms with E-state index in [9.17, 15) is 19.5 Å². The SMILES string of the molecule is O=C1COc2ncc(N3CC4(CCN(CC5Cc6cc(NC(=O)[C@]7(CO)CCCN7)cc(F)c6C5)CC4)OC3=O)nc2N1. The quantitative estimate of drug-likeness (QED) is 0.383. The number of aliphatic hydroxyl groups is 1. The Hall–Kier alpha value is -3.88. The van der Waals surface area contributed by atoms with Crippen molar-refractivity contribution in [3.05, 3.63) is 35.3 Å². The van der Waals surface area contributed by atoms with Gasteiger partial charge in [0, 0.05) is 38.2 Å². The molecule has 4 aliphatic heterocycles. The van der Waals surface area contributed by atoms with Crippen molar-refractivity contribution >= 4 is 35.2 Å². The molecule has 1 aromatic heterocycles. The number of benzene rings is 1. The van der Waals surface area contributed by atoms with E-state index >= 15 is 4.39 Å². The number of nitrogens with one attached hydrogen (secondary N) is 3. The van der Waals surface area contributed by atoms with Crippen LogP contribution in [0.3, 0.4) is 0 Å². The van der Waals surface area contributed by atoms with Crippen molar-refractivity contribution < 1.29 is 33.4 Å². The lowest BCUT2D eigenvalue weighted by Crippen LogP contribution is -2.53. The molecule has 0 saturated carbocycles. The van der Waals surface area contributed by atoms with Crippen molar-refractivity contribution in [3.8, 4) is 5.88 Å². The van der Waals surface area contributed by atoms with Crippen molar-refractivity contribution in [2.75, 3.05) is 61.5 Å². The molecule has 43 heavy (non-hydrogen) atoms. The molecule has 3 amide bonds. The third kappa shape index (κ3) is 5.17. The highest BCUT2D eigenvalue weighted by Crippen LogP contribution is 2.38. The summed E-state index contributed by atoms with van der Waals surface area (Å²) in [7, 11) is 0. The number of rotatable bonds is 6. The number of halogens is 1. The molecule has 228 valence electrons. The number of carbonyl (C=O) groups excluding carboxylic acids is 3. The average molecular weight is 596 g/mol. The second-order valence-corrected chi connectivity index (χ2v) is 12.3. The van der Waals surface area contributed by atoms with E-state index in [1.54, 1.807) is 0 Å². The zero-order valence-corrected chi connectivity index (χ0v) is 23.7. The van der Waals surface area contributed by atoms with Gasteiger partial charge in [0.2, 0.25) is 5.91 Å². The molecule has 7 rings (SSSR count). The number of hydrogen-bond acceptors (Lipinski definition) is 10. The summed E-state index contributed by atoms with van der Waals surface area (Å²) >= 11 is 0. The molecule has 1 aliphatic carbocycles. The molecule has 0 radical (unpaired) electrons. The van der Waals surface area contributed by atoms with Gasteiger partial charge in [-0.1, -0.05) is 0 Å². The number of fused-ring (bicyclic) bond motifs is 2. The van der Waals surface area contributed by atoms with Gasteiger partial charge in [-0.2, -0.15) is 0 Å². The maximum Gasteiger partial charge on any atom is 0.416 e. The fourth-order valence-corrected chi connectivity index (χ4v) is 6.99. The van der Waals surface area contributed by atoms with Gasteiger partial charge < -0.3 is 35.4 Å². The standard InChI is InChI=1S/C29H34FN7O6/c30-21-11-19(33-26(40)29(16-38)2-1-5-32-29)10-18-8-17(9-20(18)21)13-36-6-3-28(4-7-36)15-37(27(41)43-28)22-12-31-25-24(34-22)35-23(39)14-42-25/h10-12,17,32,38H,1-9,13-16H2,(H,33,40)(H,34,35,39)/t17?,29-/m1/s1. The van der Waals surface area contributed by atoms with Gasteiger partial charge in [0.25, 0.3) is 11.8 Å². The van der Waals surface area contributed by atoms with Crippen LogP contribution in [0.2, 0.25) is 0 Å². The minimum atomic E-state index is -1.02. The summed E-state index contributed by atoms with van der Waals surface area (Å²) in [6, 6.07) is 3.23. The predicted molar refractivity (Wildman–Crippen MR) is 151 cm³/mol. The summed E-state index contributed by atoms with van der Waals surface area (Å²) in [6.07, 6.45) is 4.92. The monoisotopic (exact) mass is 595 g/mol. The smallest absolute Gasteiger partial charge is 0.416 e. The molecule has 2 aromatic rings. The van der Waals surface area contributed by atoms with Gasteiger partial charge in [-0.3, -0.25) is 14.5 Å². The van der Waals surface area contributed by atoms with Crippen LogP contribution in [0.4, 0.5) is 26.5 Å². The van der Waals surface area contributed by atoms with Crippen molar-refractivity contribution in [3.63, 3.8) is 0 Å². The number of nitrogens with zero attached hydrogens (tertiary/aromatic N) is 4. The van der Waals surface area contributed by atoms with Crippen molar-refractivity contribution in [1.82, 2.24) is 20.2 Å². The van der Waals surface area contributed by atoms with Crippen LogP contribution >= 0.6 is 0 Å². The first kappa shape index (κ1) is 27.9. The van der Waals surface area contributed by atoms with Crippen molar-refractivity contribution in [1.29, 1.82) is 0 Å². The summed E-state index contributed by atoms with van der Waals surface area (Å²) in [5.74, 6) is -0.0725. The Morgan fingerprint density at radius 1 is 1.21 bits per heavy atom. The minimum Gasteiger partial charge on any atom is -0.465 e. The minimum absolute atomic E-state index is 0.128. The zero-order chi connectivity index (χ0) is 29.8. The second-order valence-electron chi connectivity index (χ2n) is 12.3. The first-order chi connectivity index (χ1) is 20.7. The van der Waals surface area contributed by atoms with E-state index in [0.29, 0.717) is 62.3 Å². The van der Waals surface area contributed by atoms with E-state index in [-0.39, 0.29) is 48.5 Å². The number of piperidine rings is 1. The first-order valence-electron chi connectivity index (χ1n) is 14.8. The highest BCUT2D eigenvalue weighted by Gasteiger charge is 2.48. The Kier molecular flexibility index (Phi) is 6.94. The highest BCUT2D eigenvalue weighted by molar-refractivity contribution is 5.98. The van der Waals surface area contributed by atoms with Gasteiger partial charge in [0.05, 0.1) is 19.3 Å². The van der Waals surface area contributed by atoms with Crippen LogP contribution in [0, 0.1) is 11.7 Å².